The van der Waals surface area contributed by atoms with Crippen LogP contribution in [0.1, 0.15) is 0 Å². The predicted molar refractivity (Wildman–Crippen MR) is 101 cm³/mol. The monoisotopic (exact) mass is 371 g/mol. The van der Waals surface area contributed by atoms with Crippen LogP contribution in [0.5, 0.6) is 0 Å². The minimum absolute atomic E-state index is 0.175. The molecule has 0 radical (unpaired) electrons. The van der Waals surface area contributed by atoms with Gasteiger partial charge in [0.25, 0.3) is 5.22 Å². The number of nitrogens with zero attached hydrogens (tertiary/aromatic N) is 2. The van der Waals surface area contributed by atoms with E-state index in [-0.39, 0.29) is 11.7 Å². The van der Waals surface area contributed by atoms with Crippen molar-refractivity contribution < 1.29 is 18.7 Å². The van der Waals surface area contributed by atoms with E-state index in [1.54, 1.807) is 31.3 Å². The second-order valence-electron chi connectivity index (χ2n) is 5.36. The van der Waals surface area contributed by atoms with Crippen LogP contribution >= 0.6 is 11.8 Å². The molecule has 0 aliphatic carbocycles. The van der Waals surface area contributed by atoms with Gasteiger partial charge >= 0.3 is 6.09 Å². The van der Waals surface area contributed by atoms with E-state index in [9.17, 15) is 9.59 Å². The largest absolute Gasteiger partial charge is 0.452 e. The fraction of sp³-hybridized carbons (Fsp3) is 0.167. The van der Waals surface area contributed by atoms with E-state index in [0.29, 0.717) is 22.2 Å². The standard InChI is InChI=1S/C18H17N3O4S/c1-21(18(23)24-2)13-9-7-12(8-10-13)19-16(22)11-26-17-20-14-5-3-4-6-15(14)25-17/h3-10H,11H2,1-2H3,(H,19,22). The van der Waals surface area contributed by atoms with E-state index < -0.39 is 6.09 Å². The van der Waals surface area contributed by atoms with Crippen LogP contribution in [0.2, 0.25) is 0 Å². The maximum absolute atomic E-state index is 12.1. The zero-order chi connectivity index (χ0) is 18.5. The lowest BCUT2D eigenvalue weighted by atomic mass is 10.2. The number of ether oxygens (including phenoxy) is 1. The first-order chi connectivity index (χ1) is 12.6. The molecule has 0 aliphatic rings. The molecule has 26 heavy (non-hydrogen) atoms. The molecule has 134 valence electrons. The van der Waals surface area contributed by atoms with Crippen LogP contribution in [0.25, 0.3) is 11.1 Å². The zero-order valence-electron chi connectivity index (χ0n) is 14.3. The number of carbonyl (C=O) groups excluding carboxylic acids is 2. The van der Waals surface area contributed by atoms with E-state index >= 15 is 0 Å². The van der Waals surface area contributed by atoms with Gasteiger partial charge in [-0.15, -0.1) is 0 Å². The molecule has 0 saturated carbocycles. The van der Waals surface area contributed by atoms with Crippen molar-refractivity contribution in [3.63, 3.8) is 0 Å². The molecule has 3 rings (SSSR count). The molecule has 0 saturated heterocycles. The van der Waals surface area contributed by atoms with Crippen LogP contribution < -0.4 is 10.2 Å². The van der Waals surface area contributed by atoms with Gasteiger partial charge in [0.2, 0.25) is 5.91 Å². The van der Waals surface area contributed by atoms with Crippen LogP contribution in [0.4, 0.5) is 16.2 Å². The Morgan fingerprint density at radius 1 is 1.19 bits per heavy atom. The van der Waals surface area contributed by atoms with Crippen molar-refractivity contribution in [3.05, 3.63) is 48.5 Å². The van der Waals surface area contributed by atoms with Crippen LogP contribution in [0.3, 0.4) is 0 Å². The summed E-state index contributed by atoms with van der Waals surface area (Å²) >= 11 is 1.23. The number of rotatable bonds is 5. The Hall–Kier alpha value is -3.00. The van der Waals surface area contributed by atoms with Gasteiger partial charge in [0.15, 0.2) is 5.58 Å². The first kappa shape index (κ1) is 17.8. The maximum atomic E-state index is 12.1. The topological polar surface area (TPSA) is 84.7 Å². The number of amides is 2. The Labute approximate surface area is 154 Å². The maximum Gasteiger partial charge on any atom is 0.413 e. The minimum Gasteiger partial charge on any atom is -0.452 e. The quantitative estimate of drug-likeness (QED) is 0.688. The van der Waals surface area contributed by atoms with Gasteiger partial charge in [-0.1, -0.05) is 23.9 Å². The molecule has 0 atom stereocenters. The molecular formula is C18H17N3O4S. The number of hydrogen-bond donors (Lipinski definition) is 1. The third-order valence-electron chi connectivity index (χ3n) is 3.59. The van der Waals surface area contributed by atoms with Gasteiger partial charge in [0.1, 0.15) is 5.52 Å². The second-order valence-corrected chi connectivity index (χ2v) is 6.29. The van der Waals surface area contributed by atoms with Gasteiger partial charge in [-0.2, -0.15) is 0 Å². The molecule has 3 aromatic rings. The van der Waals surface area contributed by atoms with E-state index in [1.165, 1.54) is 23.8 Å². The second kappa shape index (κ2) is 7.92. The molecule has 1 N–H and O–H groups in total. The van der Waals surface area contributed by atoms with Crippen LogP contribution in [-0.4, -0.2) is 36.9 Å². The fourth-order valence-corrected chi connectivity index (χ4v) is 2.89. The number of benzene rings is 2. The molecule has 2 aromatic carbocycles. The number of fused-ring (bicyclic) bond motifs is 1. The summed E-state index contributed by atoms with van der Waals surface area (Å²) in [6, 6.07) is 14.3. The molecule has 8 heteroatoms. The average Bonchev–Trinajstić information content (AvgIpc) is 3.09. The first-order valence-corrected chi connectivity index (χ1v) is 8.75. The van der Waals surface area contributed by atoms with Gasteiger partial charge in [-0.3, -0.25) is 9.69 Å². The Morgan fingerprint density at radius 2 is 1.92 bits per heavy atom. The lowest BCUT2D eigenvalue weighted by Crippen LogP contribution is -2.25. The summed E-state index contributed by atoms with van der Waals surface area (Å²) in [5.41, 5.74) is 2.76. The van der Waals surface area contributed by atoms with E-state index in [4.69, 9.17) is 4.42 Å². The molecule has 1 aromatic heterocycles. The molecule has 0 aliphatic heterocycles. The highest BCUT2D eigenvalue weighted by Crippen LogP contribution is 2.23. The van der Waals surface area contributed by atoms with Crippen LogP contribution in [0, 0.1) is 0 Å². The van der Waals surface area contributed by atoms with E-state index in [0.717, 1.165) is 5.52 Å². The van der Waals surface area contributed by atoms with Crippen molar-refractivity contribution in [1.29, 1.82) is 0 Å². The Kier molecular flexibility index (Phi) is 5.43. The highest BCUT2D eigenvalue weighted by molar-refractivity contribution is 7.99. The van der Waals surface area contributed by atoms with Crippen molar-refractivity contribution in [2.24, 2.45) is 0 Å². The molecule has 1 heterocycles. The third-order valence-corrected chi connectivity index (χ3v) is 4.42. The van der Waals surface area contributed by atoms with Gasteiger partial charge in [-0.05, 0) is 36.4 Å². The smallest absolute Gasteiger partial charge is 0.413 e. The Morgan fingerprint density at radius 3 is 2.62 bits per heavy atom. The lowest BCUT2D eigenvalue weighted by Gasteiger charge is -2.15. The number of aromatic nitrogens is 1. The number of nitrogens with one attached hydrogen (secondary N) is 1. The van der Waals surface area contributed by atoms with Crippen molar-refractivity contribution >= 4 is 46.2 Å². The molecular weight excluding hydrogens is 354 g/mol. The number of methoxy groups -OCH3 is 1. The van der Waals surface area contributed by atoms with Gasteiger partial charge < -0.3 is 14.5 Å². The normalized spacial score (nSPS) is 10.5. The summed E-state index contributed by atoms with van der Waals surface area (Å²) in [6.45, 7) is 0. The van der Waals surface area contributed by atoms with Crippen molar-refractivity contribution in [3.8, 4) is 0 Å². The van der Waals surface area contributed by atoms with E-state index in [1.807, 2.05) is 24.3 Å². The molecule has 0 unspecified atom stereocenters. The Balaban J connectivity index is 1.55. The number of thioether (sulfide) groups is 1. The molecule has 0 fully saturated rings. The van der Waals surface area contributed by atoms with Gasteiger partial charge in [0.05, 0.1) is 12.9 Å². The van der Waals surface area contributed by atoms with Crippen LogP contribution in [-0.2, 0) is 9.53 Å². The minimum atomic E-state index is -0.462. The molecule has 0 bridgehead atoms. The van der Waals surface area contributed by atoms with Crippen molar-refractivity contribution in [2.45, 2.75) is 5.22 Å². The third kappa shape index (κ3) is 4.15. The van der Waals surface area contributed by atoms with Gasteiger partial charge in [-0.25, -0.2) is 9.78 Å². The summed E-state index contributed by atoms with van der Waals surface area (Å²) in [6.07, 6.45) is -0.462. The summed E-state index contributed by atoms with van der Waals surface area (Å²) < 4.78 is 10.2. The van der Waals surface area contributed by atoms with E-state index in [2.05, 4.69) is 15.0 Å². The van der Waals surface area contributed by atoms with Crippen molar-refractivity contribution in [1.82, 2.24) is 4.98 Å². The highest BCUT2D eigenvalue weighted by Gasteiger charge is 2.12. The summed E-state index contributed by atoms with van der Waals surface area (Å²) in [5.74, 6) is 0.00252. The Bertz CT molecular complexity index is 891. The van der Waals surface area contributed by atoms with Crippen molar-refractivity contribution in [2.75, 3.05) is 30.1 Å². The fourth-order valence-electron chi connectivity index (χ4n) is 2.25. The number of para-hydroxylation sites is 2. The predicted octanol–water partition coefficient (Wildman–Crippen LogP) is 3.76. The van der Waals surface area contributed by atoms with Gasteiger partial charge in [0, 0.05) is 18.4 Å². The SMILES string of the molecule is COC(=O)N(C)c1ccc(NC(=O)CSc2nc3ccccc3o2)cc1. The number of anilines is 2. The molecule has 0 spiro atoms. The lowest BCUT2D eigenvalue weighted by molar-refractivity contribution is -0.113. The molecule has 2 amide bonds. The first-order valence-electron chi connectivity index (χ1n) is 7.77. The molecule has 7 nitrogen and oxygen atoms in total. The summed E-state index contributed by atoms with van der Waals surface area (Å²) in [4.78, 5) is 29.2. The number of carbonyl (C=O) groups is 2. The summed E-state index contributed by atoms with van der Waals surface area (Å²) in [7, 11) is 2.93. The number of oxazole rings is 1. The summed E-state index contributed by atoms with van der Waals surface area (Å²) in [5, 5.41) is 3.25. The zero-order valence-corrected chi connectivity index (χ0v) is 15.1. The average molecular weight is 371 g/mol. The van der Waals surface area contributed by atoms with Crippen LogP contribution in [0.15, 0.2) is 58.2 Å². The number of hydrogen-bond acceptors (Lipinski definition) is 6. The highest BCUT2D eigenvalue weighted by atomic mass is 32.2.